The van der Waals surface area contributed by atoms with Crippen LogP contribution < -0.4 is 5.32 Å². The number of esters is 1. The highest BCUT2D eigenvalue weighted by atomic mass is 35.5. The first-order valence-corrected chi connectivity index (χ1v) is 7.35. The Balaban J connectivity index is 1.72. The summed E-state index contributed by atoms with van der Waals surface area (Å²) in [5.74, 6) is -0.260. The molecular weight excluding hydrogens is 286 g/mol. The standard InChI is InChI=1S/C17H16ClNO2/c18-14-6-4-12(5-7-14)11-21-17(20)16-3-1-2-13-10-19-9-8-15(13)16/h1-7,19H,8-11H2. The molecule has 0 saturated carbocycles. The quantitative estimate of drug-likeness (QED) is 0.884. The van der Waals surface area contributed by atoms with Gasteiger partial charge in [0.05, 0.1) is 5.56 Å². The van der Waals surface area contributed by atoms with Gasteiger partial charge in [0.25, 0.3) is 0 Å². The number of benzene rings is 2. The van der Waals surface area contributed by atoms with Crippen molar-refractivity contribution in [3.05, 3.63) is 69.7 Å². The van der Waals surface area contributed by atoms with Crippen LogP contribution in [-0.4, -0.2) is 12.5 Å². The SMILES string of the molecule is O=C(OCc1ccc(Cl)cc1)c1cccc2c1CCNC2. The number of carbonyl (C=O) groups excluding carboxylic acids is 1. The summed E-state index contributed by atoms with van der Waals surface area (Å²) >= 11 is 5.84. The van der Waals surface area contributed by atoms with Gasteiger partial charge < -0.3 is 10.1 Å². The topological polar surface area (TPSA) is 38.3 Å². The molecule has 2 aromatic rings. The normalized spacial score (nSPS) is 13.6. The number of ether oxygens (including phenoxy) is 1. The molecule has 0 fully saturated rings. The second-order valence-electron chi connectivity index (χ2n) is 5.07. The van der Waals surface area contributed by atoms with E-state index in [1.54, 1.807) is 12.1 Å². The third-order valence-electron chi connectivity index (χ3n) is 3.64. The number of hydrogen-bond acceptors (Lipinski definition) is 3. The molecule has 21 heavy (non-hydrogen) atoms. The minimum atomic E-state index is -0.260. The molecule has 0 atom stereocenters. The average molecular weight is 302 g/mol. The first-order chi connectivity index (χ1) is 10.2. The van der Waals surface area contributed by atoms with Gasteiger partial charge in [0.2, 0.25) is 0 Å². The third-order valence-corrected chi connectivity index (χ3v) is 3.90. The zero-order chi connectivity index (χ0) is 14.7. The number of rotatable bonds is 3. The maximum absolute atomic E-state index is 12.3. The highest BCUT2D eigenvalue weighted by Crippen LogP contribution is 2.20. The predicted molar refractivity (Wildman–Crippen MR) is 82.4 cm³/mol. The van der Waals surface area contributed by atoms with Crippen LogP contribution in [0, 0.1) is 0 Å². The molecule has 0 bridgehead atoms. The fraction of sp³-hybridized carbons (Fsp3) is 0.235. The van der Waals surface area contributed by atoms with E-state index in [0.29, 0.717) is 10.6 Å². The lowest BCUT2D eigenvalue weighted by atomic mass is 9.95. The monoisotopic (exact) mass is 301 g/mol. The van der Waals surface area contributed by atoms with Crippen molar-refractivity contribution in [1.82, 2.24) is 5.32 Å². The van der Waals surface area contributed by atoms with Crippen LogP contribution in [0.3, 0.4) is 0 Å². The highest BCUT2D eigenvalue weighted by molar-refractivity contribution is 6.30. The van der Waals surface area contributed by atoms with E-state index in [9.17, 15) is 4.79 Å². The van der Waals surface area contributed by atoms with Gasteiger partial charge >= 0.3 is 5.97 Å². The molecule has 0 spiro atoms. The molecule has 1 N–H and O–H groups in total. The molecular formula is C17H16ClNO2. The summed E-state index contributed by atoms with van der Waals surface area (Å²) in [6.07, 6.45) is 0.863. The number of carbonyl (C=O) groups is 1. The lowest BCUT2D eigenvalue weighted by Crippen LogP contribution is -2.25. The van der Waals surface area contributed by atoms with Crippen LogP contribution in [0.4, 0.5) is 0 Å². The van der Waals surface area contributed by atoms with E-state index < -0.39 is 0 Å². The number of halogens is 1. The molecule has 1 aliphatic heterocycles. The van der Waals surface area contributed by atoms with Gasteiger partial charge in [-0.25, -0.2) is 4.79 Å². The van der Waals surface area contributed by atoms with Gasteiger partial charge in [0.1, 0.15) is 6.61 Å². The van der Waals surface area contributed by atoms with Crippen molar-refractivity contribution in [2.45, 2.75) is 19.6 Å². The van der Waals surface area contributed by atoms with Crippen molar-refractivity contribution in [3.8, 4) is 0 Å². The molecule has 108 valence electrons. The van der Waals surface area contributed by atoms with Gasteiger partial charge in [-0.3, -0.25) is 0 Å². The second-order valence-corrected chi connectivity index (χ2v) is 5.51. The molecule has 0 radical (unpaired) electrons. The van der Waals surface area contributed by atoms with Crippen LogP contribution in [0.15, 0.2) is 42.5 Å². The Morgan fingerprint density at radius 2 is 2.00 bits per heavy atom. The minimum absolute atomic E-state index is 0.260. The molecule has 0 aromatic heterocycles. The largest absolute Gasteiger partial charge is 0.457 e. The van der Waals surface area contributed by atoms with Crippen LogP contribution in [0.1, 0.15) is 27.0 Å². The maximum atomic E-state index is 12.3. The van der Waals surface area contributed by atoms with Crippen LogP contribution in [0.2, 0.25) is 5.02 Å². The Morgan fingerprint density at radius 1 is 1.19 bits per heavy atom. The lowest BCUT2D eigenvalue weighted by Gasteiger charge is -2.19. The minimum Gasteiger partial charge on any atom is -0.457 e. The Labute approximate surface area is 128 Å². The summed E-state index contributed by atoms with van der Waals surface area (Å²) in [6, 6.07) is 13.1. The van der Waals surface area contributed by atoms with E-state index in [0.717, 1.165) is 30.6 Å². The fourth-order valence-corrected chi connectivity index (χ4v) is 2.66. The van der Waals surface area contributed by atoms with Crippen molar-refractivity contribution < 1.29 is 9.53 Å². The molecule has 3 rings (SSSR count). The van der Waals surface area contributed by atoms with Crippen LogP contribution in [0.25, 0.3) is 0 Å². The van der Waals surface area contributed by atoms with E-state index in [1.165, 1.54) is 5.56 Å². The van der Waals surface area contributed by atoms with Crippen molar-refractivity contribution in [2.75, 3.05) is 6.54 Å². The molecule has 2 aromatic carbocycles. The van der Waals surface area contributed by atoms with E-state index in [1.807, 2.05) is 24.3 Å². The number of nitrogens with one attached hydrogen (secondary N) is 1. The van der Waals surface area contributed by atoms with Gasteiger partial charge in [0.15, 0.2) is 0 Å². The first-order valence-electron chi connectivity index (χ1n) is 6.97. The van der Waals surface area contributed by atoms with Crippen LogP contribution in [0.5, 0.6) is 0 Å². The van der Waals surface area contributed by atoms with E-state index in [2.05, 4.69) is 11.4 Å². The third kappa shape index (κ3) is 3.26. The fourth-order valence-electron chi connectivity index (χ4n) is 2.53. The Bertz CT molecular complexity index is 652. The molecule has 0 aliphatic carbocycles. The number of hydrogen-bond donors (Lipinski definition) is 1. The number of fused-ring (bicyclic) bond motifs is 1. The van der Waals surface area contributed by atoms with E-state index in [4.69, 9.17) is 16.3 Å². The first kappa shape index (κ1) is 14.1. The Kier molecular flexibility index (Phi) is 4.23. The summed E-state index contributed by atoms with van der Waals surface area (Å²) in [7, 11) is 0. The summed E-state index contributed by atoms with van der Waals surface area (Å²) in [5, 5.41) is 3.98. The zero-order valence-electron chi connectivity index (χ0n) is 11.6. The van der Waals surface area contributed by atoms with Crippen molar-refractivity contribution in [3.63, 3.8) is 0 Å². The zero-order valence-corrected chi connectivity index (χ0v) is 12.3. The second kappa shape index (κ2) is 6.29. The van der Waals surface area contributed by atoms with Crippen molar-refractivity contribution in [1.29, 1.82) is 0 Å². The molecule has 0 unspecified atom stereocenters. The summed E-state index contributed by atoms with van der Waals surface area (Å²) in [5.41, 5.74) is 3.90. The molecule has 1 heterocycles. The smallest absolute Gasteiger partial charge is 0.338 e. The summed E-state index contributed by atoms with van der Waals surface area (Å²) in [4.78, 5) is 12.3. The van der Waals surface area contributed by atoms with E-state index in [-0.39, 0.29) is 12.6 Å². The van der Waals surface area contributed by atoms with E-state index >= 15 is 0 Å². The predicted octanol–water partition coefficient (Wildman–Crippen LogP) is 3.34. The maximum Gasteiger partial charge on any atom is 0.338 e. The van der Waals surface area contributed by atoms with Crippen molar-refractivity contribution in [2.24, 2.45) is 0 Å². The van der Waals surface area contributed by atoms with Crippen LogP contribution in [-0.2, 0) is 24.3 Å². The Morgan fingerprint density at radius 3 is 2.81 bits per heavy atom. The average Bonchev–Trinajstić information content (AvgIpc) is 2.53. The van der Waals surface area contributed by atoms with Gasteiger partial charge in [-0.05, 0) is 47.9 Å². The highest BCUT2D eigenvalue weighted by Gasteiger charge is 2.18. The molecule has 0 amide bonds. The molecule has 0 saturated heterocycles. The van der Waals surface area contributed by atoms with Gasteiger partial charge in [-0.2, -0.15) is 0 Å². The van der Waals surface area contributed by atoms with Gasteiger partial charge in [-0.1, -0.05) is 35.9 Å². The van der Waals surface area contributed by atoms with Gasteiger partial charge in [0, 0.05) is 11.6 Å². The van der Waals surface area contributed by atoms with Gasteiger partial charge in [-0.15, -0.1) is 0 Å². The molecule has 3 nitrogen and oxygen atoms in total. The lowest BCUT2D eigenvalue weighted by molar-refractivity contribution is 0.0471. The van der Waals surface area contributed by atoms with Crippen molar-refractivity contribution >= 4 is 17.6 Å². The summed E-state index contributed by atoms with van der Waals surface area (Å²) < 4.78 is 5.42. The molecule has 1 aliphatic rings. The van der Waals surface area contributed by atoms with Crippen LogP contribution >= 0.6 is 11.6 Å². The molecule has 4 heteroatoms. The summed E-state index contributed by atoms with van der Waals surface area (Å²) in [6.45, 7) is 1.97. The Hall–Kier alpha value is -1.84.